The Morgan fingerprint density at radius 2 is 1.12 bits per heavy atom. The predicted molar refractivity (Wildman–Crippen MR) is 199 cm³/mol. The normalized spacial score (nSPS) is 11.2. The van der Waals surface area contributed by atoms with Crippen LogP contribution in [-0.2, 0) is 26.4 Å². The SMILES string of the molecule is Cc1ccnc(-c2cccc(N(c3cccc(-n4[c](=[Pt])n(C)c5ccccc54)c3)c3c(-c4ccccc4)cccc3-c3ccccc3)c2)c1. The molecule has 0 atom stereocenters. The molecule has 0 bridgehead atoms. The monoisotopic (exact) mass is 813 g/mol. The summed E-state index contributed by atoms with van der Waals surface area (Å²) in [4.78, 5) is 7.18. The molecule has 8 aromatic rings. The van der Waals surface area contributed by atoms with Crippen LogP contribution in [-0.4, -0.2) is 14.1 Å². The van der Waals surface area contributed by atoms with Gasteiger partial charge < -0.3 is 0 Å². The average Bonchev–Trinajstić information content (AvgIpc) is 3.41. The van der Waals surface area contributed by atoms with Crippen LogP contribution in [0.4, 0.5) is 17.1 Å². The molecule has 0 amide bonds. The van der Waals surface area contributed by atoms with E-state index in [0.29, 0.717) is 0 Å². The van der Waals surface area contributed by atoms with Gasteiger partial charge in [0.1, 0.15) is 0 Å². The number of anilines is 3. The summed E-state index contributed by atoms with van der Waals surface area (Å²) in [5, 5.41) is 0. The second-order valence-corrected chi connectivity index (χ2v) is 13.2. The molecule has 49 heavy (non-hydrogen) atoms. The Morgan fingerprint density at radius 3 is 1.80 bits per heavy atom. The van der Waals surface area contributed by atoms with Crippen molar-refractivity contribution in [3.63, 3.8) is 0 Å². The van der Waals surface area contributed by atoms with Crippen LogP contribution in [0.15, 0.2) is 170 Å². The van der Waals surface area contributed by atoms with Gasteiger partial charge in [0.25, 0.3) is 0 Å². The van der Waals surface area contributed by atoms with Crippen molar-refractivity contribution in [3.05, 3.63) is 179 Å². The third kappa shape index (κ3) is 5.79. The van der Waals surface area contributed by atoms with E-state index in [1.54, 1.807) is 0 Å². The molecule has 6 aromatic carbocycles. The van der Waals surface area contributed by atoms with E-state index in [1.165, 1.54) is 16.6 Å². The summed E-state index contributed by atoms with van der Waals surface area (Å²) in [6, 6.07) is 58.5. The van der Waals surface area contributed by atoms with E-state index in [-0.39, 0.29) is 0 Å². The van der Waals surface area contributed by atoms with Gasteiger partial charge in [0.2, 0.25) is 0 Å². The zero-order valence-corrected chi connectivity index (χ0v) is 29.5. The van der Waals surface area contributed by atoms with Gasteiger partial charge in [-0.05, 0) is 13.0 Å². The Kier molecular flexibility index (Phi) is 8.25. The van der Waals surface area contributed by atoms with Crippen molar-refractivity contribution < 1.29 is 19.4 Å². The Hall–Kier alpha value is -5.57. The number of aryl methyl sites for hydroxylation is 2. The van der Waals surface area contributed by atoms with Gasteiger partial charge in [0.05, 0.1) is 0 Å². The predicted octanol–water partition coefficient (Wildman–Crippen LogP) is 11.2. The van der Waals surface area contributed by atoms with Gasteiger partial charge in [-0.2, -0.15) is 0 Å². The molecule has 240 valence electrons. The molecular formula is C44H34N4Pt. The van der Waals surface area contributed by atoms with Gasteiger partial charge in [0, 0.05) is 0 Å². The molecule has 0 aliphatic carbocycles. The summed E-state index contributed by atoms with van der Waals surface area (Å²) >= 11 is 2.44. The first-order chi connectivity index (χ1) is 24.1. The average molecular weight is 814 g/mol. The summed E-state index contributed by atoms with van der Waals surface area (Å²) in [5.74, 6) is 0. The number of rotatable bonds is 7. The molecule has 2 aromatic heterocycles. The molecule has 0 saturated heterocycles. The number of hydrogen-bond donors (Lipinski definition) is 0. The first kappa shape index (κ1) is 30.7. The van der Waals surface area contributed by atoms with Crippen LogP contribution in [0.2, 0.25) is 0 Å². The number of benzene rings is 6. The van der Waals surface area contributed by atoms with Crippen molar-refractivity contribution in [2.24, 2.45) is 7.05 Å². The van der Waals surface area contributed by atoms with Crippen LogP contribution in [0.25, 0.3) is 50.2 Å². The maximum atomic E-state index is 4.76. The Morgan fingerprint density at radius 1 is 0.551 bits per heavy atom. The van der Waals surface area contributed by atoms with E-state index in [2.05, 4.69) is 205 Å². The number of hydrogen-bond acceptors (Lipinski definition) is 2. The van der Waals surface area contributed by atoms with Crippen molar-refractivity contribution in [3.8, 4) is 39.2 Å². The van der Waals surface area contributed by atoms with Crippen LogP contribution in [0.3, 0.4) is 0 Å². The second-order valence-electron chi connectivity index (χ2n) is 12.2. The number of nitrogens with zero attached hydrogens (tertiary/aromatic N) is 4. The fourth-order valence-corrected chi connectivity index (χ4v) is 7.51. The summed E-state index contributed by atoms with van der Waals surface area (Å²) in [6.07, 6.45) is 1.89. The van der Waals surface area contributed by atoms with Crippen LogP contribution >= 0.6 is 0 Å². The molecule has 0 N–H and O–H groups in total. The topological polar surface area (TPSA) is 26.0 Å². The van der Waals surface area contributed by atoms with E-state index in [1.807, 2.05) is 12.3 Å². The van der Waals surface area contributed by atoms with Gasteiger partial charge in [-0.25, -0.2) is 0 Å². The zero-order valence-electron chi connectivity index (χ0n) is 27.3. The molecule has 4 nitrogen and oxygen atoms in total. The fourth-order valence-electron chi connectivity index (χ4n) is 6.67. The number of fused-ring (bicyclic) bond motifs is 1. The van der Waals surface area contributed by atoms with Crippen molar-refractivity contribution in [2.45, 2.75) is 6.92 Å². The first-order valence-electron chi connectivity index (χ1n) is 16.4. The maximum absolute atomic E-state index is 4.76. The number of pyridine rings is 1. The number of imidazole rings is 1. The Labute approximate surface area is 297 Å². The third-order valence-electron chi connectivity index (χ3n) is 9.00. The van der Waals surface area contributed by atoms with Crippen molar-refractivity contribution >= 4 is 28.1 Å². The van der Waals surface area contributed by atoms with Crippen LogP contribution in [0, 0.1) is 10.7 Å². The number of aromatic nitrogens is 3. The minimum absolute atomic E-state index is 0.955. The molecule has 0 unspecified atom stereocenters. The van der Waals surface area contributed by atoms with E-state index < -0.39 is 0 Å². The van der Waals surface area contributed by atoms with Crippen LogP contribution < -0.4 is 4.90 Å². The quantitative estimate of drug-likeness (QED) is 0.160. The van der Waals surface area contributed by atoms with Crippen molar-refractivity contribution in [1.29, 1.82) is 0 Å². The first-order valence-corrected chi connectivity index (χ1v) is 17.5. The van der Waals surface area contributed by atoms with Gasteiger partial charge in [-0.1, -0.05) is 0 Å². The zero-order chi connectivity index (χ0) is 33.3. The summed E-state index contributed by atoms with van der Waals surface area (Å²) in [5.41, 5.74) is 14.5. The van der Waals surface area contributed by atoms with Crippen LogP contribution in [0.5, 0.6) is 0 Å². The molecule has 0 spiro atoms. The minimum atomic E-state index is 0.955. The van der Waals surface area contributed by atoms with Gasteiger partial charge in [-0.15, -0.1) is 0 Å². The summed E-state index contributed by atoms with van der Waals surface area (Å²) in [6.45, 7) is 2.11. The summed E-state index contributed by atoms with van der Waals surface area (Å²) in [7, 11) is 2.13. The summed E-state index contributed by atoms with van der Waals surface area (Å²) < 4.78 is 5.72. The number of para-hydroxylation sites is 3. The molecule has 0 aliphatic heterocycles. The molecule has 8 rings (SSSR count). The van der Waals surface area contributed by atoms with Gasteiger partial charge >= 0.3 is 286 Å². The van der Waals surface area contributed by atoms with E-state index in [9.17, 15) is 0 Å². The van der Waals surface area contributed by atoms with Crippen molar-refractivity contribution in [1.82, 2.24) is 14.1 Å². The molecule has 0 radical (unpaired) electrons. The second kappa shape index (κ2) is 13.1. The molecule has 0 saturated carbocycles. The van der Waals surface area contributed by atoms with E-state index in [0.717, 1.165) is 60.1 Å². The molecule has 0 fully saturated rings. The van der Waals surface area contributed by atoms with E-state index in [4.69, 9.17) is 4.98 Å². The molecule has 2 heterocycles. The van der Waals surface area contributed by atoms with Gasteiger partial charge in [-0.3, -0.25) is 0 Å². The van der Waals surface area contributed by atoms with Gasteiger partial charge in [0.15, 0.2) is 0 Å². The van der Waals surface area contributed by atoms with E-state index >= 15 is 0 Å². The Balaban J connectivity index is 1.43. The van der Waals surface area contributed by atoms with Crippen LogP contribution in [0.1, 0.15) is 5.56 Å². The fraction of sp³-hybridized carbons (Fsp3) is 0.0455. The molecule has 0 aliphatic rings. The third-order valence-corrected chi connectivity index (χ3v) is 10.3. The standard InChI is InChI=1S/C44H34N4.Pt/c1-32-26-27-45-41(28-32)35-18-11-20-37(29-35)48(38-21-12-19-36(30-38)47-31-46(2)42-24-9-10-25-43(42)47)44-39(33-14-5-3-6-15-33)22-13-23-40(44)34-16-7-4-8-17-34;/h3-30H,1-2H3;. The Bertz CT molecular complexity index is 2440. The molecule has 5 heteroatoms. The van der Waals surface area contributed by atoms with Crippen molar-refractivity contribution in [2.75, 3.05) is 4.90 Å². The molecular weight excluding hydrogens is 780 g/mol.